The highest BCUT2D eigenvalue weighted by Gasteiger charge is 2.17. The number of nitrogens with zero attached hydrogens (tertiary/aromatic N) is 2. The maximum Gasteiger partial charge on any atom is 0.0603 e. The number of hydrogen-bond acceptors (Lipinski definition) is 5. The maximum atomic E-state index is 6.42. The molecule has 2 atom stereocenters. The van der Waals surface area contributed by atoms with Crippen LogP contribution in [0.5, 0.6) is 0 Å². The molecule has 0 aliphatic rings. The summed E-state index contributed by atoms with van der Waals surface area (Å²) in [6, 6.07) is 0. The van der Waals surface area contributed by atoms with Crippen LogP contribution in [0.25, 0.3) is 0 Å². The van der Waals surface area contributed by atoms with Gasteiger partial charge >= 0.3 is 0 Å². The quantitative estimate of drug-likeness (QED) is 0.498. The van der Waals surface area contributed by atoms with E-state index >= 15 is 0 Å². The van der Waals surface area contributed by atoms with Gasteiger partial charge in [-0.2, -0.15) is 0 Å². The van der Waals surface area contributed by atoms with Gasteiger partial charge in [0.2, 0.25) is 0 Å². The van der Waals surface area contributed by atoms with Gasteiger partial charge in [-0.1, -0.05) is 0 Å². The van der Waals surface area contributed by atoms with Crippen LogP contribution in [0.4, 0.5) is 0 Å². The second kappa shape index (κ2) is 13.5. The van der Waals surface area contributed by atoms with Crippen molar-refractivity contribution in [3.05, 3.63) is 0 Å². The molecule has 0 radical (unpaired) electrons. The molecule has 0 aliphatic carbocycles. The molecule has 0 bridgehead atoms. The number of nitrogens with one attached hydrogen (secondary N) is 2. The van der Waals surface area contributed by atoms with E-state index in [4.69, 9.17) is 4.74 Å². The molecule has 0 saturated heterocycles. The molecule has 0 aromatic heterocycles. The van der Waals surface area contributed by atoms with Gasteiger partial charge in [-0.25, -0.2) is 0 Å². The average Bonchev–Trinajstić information content (AvgIpc) is 2.43. The van der Waals surface area contributed by atoms with Crippen molar-refractivity contribution < 1.29 is 4.74 Å². The largest absolute Gasteiger partial charge is 0.375 e. The summed E-state index contributed by atoms with van der Waals surface area (Å²) in [5.41, 5.74) is 0. The lowest BCUT2D eigenvalue weighted by Crippen LogP contribution is -2.32. The Kier molecular flexibility index (Phi) is 13.3. The molecule has 128 valence electrons. The minimum atomic E-state index is 0.351. The van der Waals surface area contributed by atoms with Gasteiger partial charge in [0, 0.05) is 0 Å². The van der Waals surface area contributed by atoms with Crippen LogP contribution in [0.1, 0.15) is 25.7 Å². The predicted octanol–water partition coefficient (Wildman–Crippen LogP) is 0.863. The zero-order valence-corrected chi connectivity index (χ0v) is 15.1. The Morgan fingerprint density at radius 3 is 1.38 bits per heavy atom. The van der Waals surface area contributed by atoms with Gasteiger partial charge in [0.25, 0.3) is 0 Å². The first-order valence-corrected chi connectivity index (χ1v) is 8.23. The van der Waals surface area contributed by atoms with Gasteiger partial charge in [0.1, 0.15) is 0 Å². The molecular formula is C16H38N4O. The monoisotopic (exact) mass is 302 g/mol. The molecule has 5 nitrogen and oxygen atoms in total. The smallest absolute Gasteiger partial charge is 0.0603 e. The average molecular weight is 303 g/mol. The minimum absolute atomic E-state index is 0.351. The zero-order valence-electron chi connectivity index (χ0n) is 15.1. The third-order valence-corrected chi connectivity index (χ3v) is 3.61. The molecule has 2 N–H and O–H groups in total. The van der Waals surface area contributed by atoms with Crippen LogP contribution in [-0.2, 0) is 4.74 Å². The normalized spacial score (nSPS) is 14.9. The molecule has 0 aliphatic heterocycles. The maximum absolute atomic E-state index is 6.42. The van der Waals surface area contributed by atoms with Crippen LogP contribution in [-0.4, -0.2) is 90.5 Å². The summed E-state index contributed by atoms with van der Waals surface area (Å²) in [5, 5.41) is 6.48. The third-order valence-electron chi connectivity index (χ3n) is 3.61. The zero-order chi connectivity index (χ0) is 16.1. The van der Waals surface area contributed by atoms with E-state index in [1.165, 1.54) is 0 Å². The first-order chi connectivity index (χ1) is 9.99. The highest BCUT2D eigenvalue weighted by Crippen LogP contribution is 2.13. The predicted molar refractivity (Wildman–Crippen MR) is 92.1 cm³/mol. The SMILES string of the molecule is CNCCC(CCN(C)C)OC(CCNC)CCN(C)C. The Morgan fingerprint density at radius 1 is 0.714 bits per heavy atom. The summed E-state index contributed by atoms with van der Waals surface area (Å²) < 4.78 is 6.42. The lowest BCUT2D eigenvalue weighted by atomic mass is 10.1. The molecule has 0 saturated carbocycles. The highest BCUT2D eigenvalue weighted by atomic mass is 16.5. The van der Waals surface area contributed by atoms with Crippen molar-refractivity contribution in [1.82, 2.24) is 20.4 Å². The molecule has 0 heterocycles. The van der Waals surface area contributed by atoms with E-state index < -0.39 is 0 Å². The van der Waals surface area contributed by atoms with Gasteiger partial charge in [0.05, 0.1) is 12.2 Å². The first kappa shape index (κ1) is 20.8. The molecule has 0 rings (SSSR count). The number of hydrogen-bond donors (Lipinski definition) is 2. The van der Waals surface area contributed by atoms with E-state index in [0.29, 0.717) is 12.2 Å². The topological polar surface area (TPSA) is 39.8 Å². The van der Waals surface area contributed by atoms with Crippen LogP contribution >= 0.6 is 0 Å². The minimum Gasteiger partial charge on any atom is -0.375 e. The van der Waals surface area contributed by atoms with Crippen molar-refractivity contribution in [2.75, 3.05) is 68.5 Å². The molecule has 21 heavy (non-hydrogen) atoms. The van der Waals surface area contributed by atoms with Crippen molar-refractivity contribution in [3.8, 4) is 0 Å². The van der Waals surface area contributed by atoms with Gasteiger partial charge < -0.3 is 25.2 Å². The van der Waals surface area contributed by atoms with Crippen molar-refractivity contribution in [3.63, 3.8) is 0 Å². The lowest BCUT2D eigenvalue weighted by Gasteiger charge is -2.27. The summed E-state index contributed by atoms with van der Waals surface area (Å²) in [5.74, 6) is 0. The van der Waals surface area contributed by atoms with Gasteiger partial charge in [0.15, 0.2) is 0 Å². The van der Waals surface area contributed by atoms with Crippen molar-refractivity contribution in [2.45, 2.75) is 37.9 Å². The van der Waals surface area contributed by atoms with Crippen molar-refractivity contribution >= 4 is 0 Å². The van der Waals surface area contributed by atoms with E-state index in [9.17, 15) is 0 Å². The lowest BCUT2D eigenvalue weighted by molar-refractivity contribution is -0.0318. The summed E-state index contributed by atoms with van der Waals surface area (Å²) >= 11 is 0. The van der Waals surface area contributed by atoms with Gasteiger partial charge in [-0.15, -0.1) is 0 Å². The standard InChI is InChI=1S/C16H38N4O/c1-17-11-7-15(9-13-19(3)4)21-16(8-12-18-2)10-14-20(5)6/h15-18H,7-14H2,1-6H3. The fourth-order valence-electron chi connectivity index (χ4n) is 2.25. The van der Waals surface area contributed by atoms with Gasteiger partial charge in [-0.05, 0) is 94.1 Å². The Bertz CT molecular complexity index is 202. The molecular weight excluding hydrogens is 264 g/mol. The third kappa shape index (κ3) is 13.2. The van der Waals surface area contributed by atoms with Gasteiger partial charge in [-0.3, -0.25) is 0 Å². The van der Waals surface area contributed by atoms with Crippen LogP contribution < -0.4 is 10.6 Å². The summed E-state index contributed by atoms with van der Waals surface area (Å²) in [7, 11) is 12.5. The van der Waals surface area contributed by atoms with E-state index in [1.54, 1.807) is 0 Å². The molecule has 0 spiro atoms. The highest BCUT2D eigenvalue weighted by molar-refractivity contribution is 4.68. The molecule has 0 aromatic carbocycles. The fourth-order valence-corrected chi connectivity index (χ4v) is 2.25. The molecule has 0 fully saturated rings. The molecule has 0 amide bonds. The first-order valence-electron chi connectivity index (χ1n) is 8.23. The van der Waals surface area contributed by atoms with Crippen molar-refractivity contribution in [1.29, 1.82) is 0 Å². The second-order valence-electron chi connectivity index (χ2n) is 6.35. The van der Waals surface area contributed by atoms with Crippen LogP contribution in [0, 0.1) is 0 Å². The molecule has 5 heteroatoms. The fraction of sp³-hybridized carbons (Fsp3) is 1.00. The van der Waals surface area contributed by atoms with E-state index in [2.05, 4.69) is 48.6 Å². The Balaban J connectivity index is 4.35. The van der Waals surface area contributed by atoms with Crippen LogP contribution in [0.2, 0.25) is 0 Å². The second-order valence-corrected chi connectivity index (χ2v) is 6.35. The van der Waals surface area contributed by atoms with E-state index in [1.807, 2.05) is 14.1 Å². The van der Waals surface area contributed by atoms with Crippen LogP contribution in [0.3, 0.4) is 0 Å². The summed E-state index contributed by atoms with van der Waals surface area (Å²) in [6.07, 6.45) is 5.08. The van der Waals surface area contributed by atoms with E-state index in [-0.39, 0.29) is 0 Å². The Labute approximate surface area is 132 Å². The summed E-state index contributed by atoms with van der Waals surface area (Å²) in [4.78, 5) is 4.47. The number of rotatable bonds is 14. The molecule has 0 aromatic rings. The Hall–Kier alpha value is -0.200. The van der Waals surface area contributed by atoms with Crippen molar-refractivity contribution in [2.24, 2.45) is 0 Å². The summed E-state index contributed by atoms with van der Waals surface area (Å²) in [6.45, 7) is 4.21. The van der Waals surface area contributed by atoms with E-state index in [0.717, 1.165) is 51.9 Å². The molecule has 2 unspecified atom stereocenters. The Morgan fingerprint density at radius 2 is 1.10 bits per heavy atom. The number of ether oxygens (including phenoxy) is 1. The van der Waals surface area contributed by atoms with Crippen LogP contribution in [0.15, 0.2) is 0 Å².